The van der Waals surface area contributed by atoms with Gasteiger partial charge in [0.15, 0.2) is 5.43 Å². The van der Waals surface area contributed by atoms with E-state index >= 15 is 0 Å². The molecule has 0 amide bonds. The summed E-state index contributed by atoms with van der Waals surface area (Å²) in [4.78, 5) is 23.6. The highest BCUT2D eigenvalue weighted by Crippen LogP contribution is 2.30. The maximum absolute atomic E-state index is 12.6. The number of carbonyl (C=O) groups is 1. The zero-order valence-corrected chi connectivity index (χ0v) is 25.3. The topological polar surface area (TPSA) is 68.5 Å². The SMILES string of the molecule is CC.CC.CC(C)C.CCCn1cc(C(=O)O)c(=O)cc1/C(C)=C/C(=C(C)C)c1cccc(OC(F)(F)F)c1. The van der Waals surface area contributed by atoms with Gasteiger partial charge in [-0.2, -0.15) is 0 Å². The molecule has 0 aliphatic carbocycles. The van der Waals surface area contributed by atoms with Crippen LogP contribution in [0.2, 0.25) is 0 Å². The summed E-state index contributed by atoms with van der Waals surface area (Å²) in [6.07, 6.45) is -0.990. The van der Waals surface area contributed by atoms with Crippen LogP contribution in [0.25, 0.3) is 11.1 Å². The standard InChI is InChI=1S/C23H24F3NO4.C4H10.2C2H6/c1-5-9-27-13-19(22(29)30)21(28)12-20(27)15(4)10-18(14(2)3)16-7-6-8-17(11-16)31-23(24,25)26;1-4(2)3;2*1-2/h6-8,10-13H,5,9H2,1-4H3,(H,29,30);4H,1-3H3;2*1-2H3/b15-10+;;;. The Morgan fingerprint density at radius 2 is 1.59 bits per heavy atom. The lowest BCUT2D eigenvalue weighted by atomic mass is 9.97. The minimum absolute atomic E-state index is 0.315. The number of carboxylic acids is 1. The van der Waals surface area contributed by atoms with Crippen molar-refractivity contribution in [1.82, 2.24) is 4.57 Å². The molecule has 2 rings (SSSR count). The number of ether oxygens (including phenoxy) is 1. The van der Waals surface area contributed by atoms with E-state index in [0.29, 0.717) is 35.4 Å². The summed E-state index contributed by atoms with van der Waals surface area (Å²) < 4.78 is 43.5. The number of hydrogen-bond acceptors (Lipinski definition) is 3. The zero-order valence-electron chi connectivity index (χ0n) is 25.3. The second-order valence-electron chi connectivity index (χ2n) is 8.98. The largest absolute Gasteiger partial charge is 0.573 e. The monoisotopic (exact) mass is 553 g/mol. The Morgan fingerprint density at radius 3 is 2.03 bits per heavy atom. The Kier molecular flexibility index (Phi) is 18.3. The van der Waals surface area contributed by atoms with E-state index in [1.807, 2.05) is 48.5 Å². The average molecular weight is 554 g/mol. The third-order valence-corrected chi connectivity index (χ3v) is 4.50. The molecule has 0 spiro atoms. The Balaban J connectivity index is 0. The molecule has 0 atom stereocenters. The van der Waals surface area contributed by atoms with Crippen molar-refractivity contribution in [2.75, 3.05) is 0 Å². The Labute approximate surface area is 232 Å². The number of aromatic carboxylic acids is 1. The predicted molar refractivity (Wildman–Crippen MR) is 156 cm³/mol. The molecule has 0 saturated carbocycles. The van der Waals surface area contributed by atoms with Crippen molar-refractivity contribution in [2.45, 2.75) is 95.5 Å². The van der Waals surface area contributed by atoms with Crippen LogP contribution < -0.4 is 10.2 Å². The molecule has 0 aliphatic rings. The van der Waals surface area contributed by atoms with Crippen molar-refractivity contribution in [3.8, 4) is 5.75 Å². The molecule has 0 bridgehead atoms. The Hall–Kier alpha value is -3.29. The first-order chi connectivity index (χ1) is 18.2. The van der Waals surface area contributed by atoms with Crippen LogP contribution in [0.1, 0.15) is 104 Å². The molecule has 0 aliphatic heterocycles. The molecule has 0 unspecified atom stereocenters. The maximum atomic E-state index is 12.6. The van der Waals surface area contributed by atoms with E-state index in [1.165, 1.54) is 30.5 Å². The number of hydrogen-bond donors (Lipinski definition) is 1. The molecule has 0 radical (unpaired) electrons. The van der Waals surface area contributed by atoms with Crippen LogP contribution in [0, 0.1) is 5.92 Å². The van der Waals surface area contributed by atoms with Gasteiger partial charge < -0.3 is 14.4 Å². The lowest BCUT2D eigenvalue weighted by Crippen LogP contribution is -2.19. The first kappa shape index (κ1) is 37.9. The van der Waals surface area contributed by atoms with Gasteiger partial charge in [0.05, 0.1) is 0 Å². The number of aryl methyl sites for hydroxylation is 1. The van der Waals surface area contributed by atoms with Gasteiger partial charge in [-0.3, -0.25) is 4.79 Å². The molecule has 5 nitrogen and oxygen atoms in total. The fraction of sp³-hybridized carbons (Fsp3) is 0.484. The molecule has 220 valence electrons. The minimum atomic E-state index is -4.79. The van der Waals surface area contributed by atoms with Crippen LogP contribution >= 0.6 is 0 Å². The summed E-state index contributed by atoms with van der Waals surface area (Å²) in [7, 11) is 0. The van der Waals surface area contributed by atoms with Gasteiger partial charge in [0.25, 0.3) is 0 Å². The lowest BCUT2D eigenvalue weighted by Gasteiger charge is -2.16. The van der Waals surface area contributed by atoms with Crippen molar-refractivity contribution in [3.63, 3.8) is 0 Å². The summed E-state index contributed by atoms with van der Waals surface area (Å²) >= 11 is 0. The van der Waals surface area contributed by atoms with Gasteiger partial charge in [0, 0.05) is 24.5 Å². The van der Waals surface area contributed by atoms with Gasteiger partial charge in [-0.15, -0.1) is 13.2 Å². The molecule has 39 heavy (non-hydrogen) atoms. The number of allylic oxidation sites excluding steroid dienone is 4. The molecular formula is C31H46F3NO4. The molecule has 2 aromatic rings. The van der Waals surface area contributed by atoms with Crippen LogP contribution in [0.15, 0.2) is 53.0 Å². The van der Waals surface area contributed by atoms with E-state index < -0.39 is 17.8 Å². The fourth-order valence-corrected chi connectivity index (χ4v) is 3.17. The van der Waals surface area contributed by atoms with Crippen LogP contribution in [0.3, 0.4) is 0 Å². The van der Waals surface area contributed by atoms with Gasteiger partial charge in [0.1, 0.15) is 11.3 Å². The first-order valence-electron chi connectivity index (χ1n) is 13.4. The maximum Gasteiger partial charge on any atom is 0.573 e. The number of benzene rings is 1. The van der Waals surface area contributed by atoms with E-state index in [1.54, 1.807) is 23.6 Å². The van der Waals surface area contributed by atoms with Crippen LogP contribution in [-0.2, 0) is 6.54 Å². The van der Waals surface area contributed by atoms with Crippen molar-refractivity contribution < 1.29 is 27.8 Å². The highest BCUT2D eigenvalue weighted by molar-refractivity contribution is 5.88. The third-order valence-electron chi connectivity index (χ3n) is 4.50. The molecule has 0 fully saturated rings. The summed E-state index contributed by atoms with van der Waals surface area (Å²) in [5, 5.41) is 9.23. The van der Waals surface area contributed by atoms with Gasteiger partial charge in [-0.1, -0.05) is 73.1 Å². The fourth-order valence-electron chi connectivity index (χ4n) is 3.17. The normalized spacial score (nSPS) is 10.7. The van der Waals surface area contributed by atoms with E-state index in [4.69, 9.17) is 0 Å². The second kappa shape index (κ2) is 18.9. The number of aromatic nitrogens is 1. The lowest BCUT2D eigenvalue weighted by molar-refractivity contribution is -0.274. The quantitative estimate of drug-likeness (QED) is 0.347. The van der Waals surface area contributed by atoms with Gasteiger partial charge >= 0.3 is 12.3 Å². The predicted octanol–water partition coefficient (Wildman–Crippen LogP) is 9.47. The number of rotatable bonds is 7. The minimum Gasteiger partial charge on any atom is -0.477 e. The van der Waals surface area contributed by atoms with E-state index in [2.05, 4.69) is 25.5 Å². The third kappa shape index (κ3) is 14.4. The number of carboxylic acid groups (broad SMARTS) is 1. The van der Waals surface area contributed by atoms with Crippen molar-refractivity contribution in [1.29, 1.82) is 0 Å². The molecular weight excluding hydrogens is 507 g/mol. The van der Waals surface area contributed by atoms with Crippen molar-refractivity contribution in [3.05, 3.63) is 75.2 Å². The van der Waals surface area contributed by atoms with Crippen LogP contribution in [0.5, 0.6) is 5.75 Å². The summed E-state index contributed by atoms with van der Waals surface area (Å²) in [5.74, 6) is -0.794. The molecule has 1 N–H and O–H groups in total. The molecule has 1 aromatic carbocycles. The second-order valence-corrected chi connectivity index (χ2v) is 8.98. The highest BCUT2D eigenvalue weighted by Gasteiger charge is 2.31. The van der Waals surface area contributed by atoms with Crippen LogP contribution in [0.4, 0.5) is 13.2 Å². The average Bonchev–Trinajstić information content (AvgIpc) is 2.84. The zero-order chi connectivity index (χ0) is 30.9. The van der Waals surface area contributed by atoms with Crippen LogP contribution in [-0.4, -0.2) is 22.0 Å². The Bertz CT molecular complexity index is 1140. The molecule has 0 saturated heterocycles. The molecule has 1 aromatic heterocycles. The number of nitrogens with zero attached hydrogens (tertiary/aromatic N) is 1. The van der Waals surface area contributed by atoms with Gasteiger partial charge in [-0.05, 0) is 68.0 Å². The van der Waals surface area contributed by atoms with E-state index in [-0.39, 0.29) is 11.3 Å². The summed E-state index contributed by atoms with van der Waals surface area (Å²) in [6.45, 7) is 22.3. The first-order valence-corrected chi connectivity index (χ1v) is 13.4. The van der Waals surface area contributed by atoms with Gasteiger partial charge in [-0.25, -0.2) is 4.79 Å². The van der Waals surface area contributed by atoms with Gasteiger partial charge in [0.2, 0.25) is 0 Å². The highest BCUT2D eigenvalue weighted by atomic mass is 19.4. The molecule has 1 heterocycles. The smallest absolute Gasteiger partial charge is 0.477 e. The van der Waals surface area contributed by atoms with Crippen molar-refractivity contribution in [2.24, 2.45) is 5.92 Å². The molecule has 8 heteroatoms. The number of pyridine rings is 1. The number of halogens is 3. The van der Waals surface area contributed by atoms with E-state index in [9.17, 15) is 27.9 Å². The van der Waals surface area contributed by atoms with E-state index in [0.717, 1.165) is 11.5 Å². The Morgan fingerprint density at radius 1 is 1.05 bits per heavy atom. The summed E-state index contributed by atoms with van der Waals surface area (Å²) in [5.41, 5.74) is 2.32. The van der Waals surface area contributed by atoms with Crippen molar-refractivity contribution >= 4 is 17.1 Å². The summed E-state index contributed by atoms with van der Waals surface area (Å²) in [6, 6.07) is 6.93. The number of alkyl halides is 3.